The van der Waals surface area contributed by atoms with Crippen LogP contribution in [0.3, 0.4) is 0 Å². The van der Waals surface area contributed by atoms with E-state index in [0.29, 0.717) is 17.7 Å². The van der Waals surface area contributed by atoms with Crippen LogP contribution < -0.4 is 10.7 Å². The summed E-state index contributed by atoms with van der Waals surface area (Å²) in [7, 11) is 0. The number of anilines is 2. The number of aromatic nitrogens is 1. The molecule has 3 N–H and O–H groups in total. The molecule has 0 saturated carbocycles. The normalized spacial score (nSPS) is 12.1. The molecule has 172 valence electrons. The number of hydrogen-bond acceptors (Lipinski definition) is 5. The number of benzene rings is 2. The minimum absolute atomic E-state index is 0.0511. The molecule has 0 atom stereocenters. The number of carbonyl (C=O) groups is 1. The monoisotopic (exact) mass is 468 g/mol. The van der Waals surface area contributed by atoms with Crippen LogP contribution in [-0.4, -0.2) is 22.2 Å². The Balaban J connectivity index is 1.90. The summed E-state index contributed by atoms with van der Waals surface area (Å²) in [4.78, 5) is 15.9. The number of phenols is 1. The van der Waals surface area contributed by atoms with Crippen LogP contribution in [-0.2, 0) is 12.4 Å². The van der Waals surface area contributed by atoms with Crippen LogP contribution in [0, 0.1) is 0 Å². The smallest absolute Gasteiger partial charge is 0.433 e. The van der Waals surface area contributed by atoms with E-state index in [9.17, 15) is 36.2 Å². The lowest BCUT2D eigenvalue weighted by atomic mass is 10.1. The second-order valence-electron chi connectivity index (χ2n) is 6.59. The first-order valence-corrected chi connectivity index (χ1v) is 9.08. The van der Waals surface area contributed by atoms with Gasteiger partial charge in [0.25, 0.3) is 5.91 Å². The number of alkyl halides is 6. The van der Waals surface area contributed by atoms with E-state index in [1.807, 2.05) is 0 Å². The van der Waals surface area contributed by atoms with E-state index in [0.717, 1.165) is 18.2 Å². The zero-order chi connectivity index (χ0) is 24.2. The van der Waals surface area contributed by atoms with Crippen molar-refractivity contribution in [2.45, 2.75) is 12.4 Å². The Morgan fingerprint density at radius 2 is 1.67 bits per heavy atom. The van der Waals surface area contributed by atoms with Gasteiger partial charge in [0, 0.05) is 5.69 Å². The van der Waals surface area contributed by atoms with Gasteiger partial charge in [-0.1, -0.05) is 18.2 Å². The van der Waals surface area contributed by atoms with Gasteiger partial charge in [0.15, 0.2) is 0 Å². The maximum atomic E-state index is 13.1. The highest BCUT2D eigenvalue weighted by atomic mass is 19.4. The largest absolute Gasteiger partial charge is 0.508 e. The summed E-state index contributed by atoms with van der Waals surface area (Å²) >= 11 is 0. The van der Waals surface area contributed by atoms with Crippen LogP contribution in [0.4, 0.5) is 37.8 Å². The quantitative estimate of drug-likeness (QED) is 0.268. The lowest BCUT2D eigenvalue weighted by Crippen LogP contribution is -2.21. The fourth-order valence-electron chi connectivity index (χ4n) is 2.64. The topological polar surface area (TPSA) is 86.6 Å². The van der Waals surface area contributed by atoms with Gasteiger partial charge in [-0.05, 0) is 48.0 Å². The van der Waals surface area contributed by atoms with E-state index in [1.54, 1.807) is 6.07 Å². The van der Waals surface area contributed by atoms with Crippen molar-refractivity contribution in [1.82, 2.24) is 10.4 Å². The average Bonchev–Trinajstić information content (AvgIpc) is 2.72. The summed E-state index contributed by atoms with van der Waals surface area (Å²) in [6.07, 6.45) is -8.36. The zero-order valence-electron chi connectivity index (χ0n) is 16.4. The molecule has 2 aromatic carbocycles. The number of aromatic hydroxyl groups is 1. The number of amides is 1. The van der Waals surface area contributed by atoms with Crippen molar-refractivity contribution in [2.75, 3.05) is 5.32 Å². The van der Waals surface area contributed by atoms with E-state index < -0.39 is 40.9 Å². The number of hydrazone groups is 1. The van der Waals surface area contributed by atoms with Gasteiger partial charge >= 0.3 is 12.4 Å². The molecule has 0 aliphatic rings. The minimum Gasteiger partial charge on any atom is -0.508 e. The van der Waals surface area contributed by atoms with Gasteiger partial charge in [-0.25, -0.2) is 10.4 Å². The molecule has 1 aromatic heterocycles. The Bertz CT molecular complexity index is 1190. The fraction of sp³-hybridized carbons (Fsp3) is 0.0952. The maximum Gasteiger partial charge on any atom is 0.433 e. The molecule has 0 bridgehead atoms. The van der Waals surface area contributed by atoms with E-state index >= 15 is 0 Å². The first-order valence-electron chi connectivity index (χ1n) is 9.08. The molecule has 1 amide bonds. The third kappa shape index (κ3) is 6.21. The fourth-order valence-corrected chi connectivity index (χ4v) is 2.64. The minimum atomic E-state index is -4.85. The molecule has 0 aliphatic carbocycles. The van der Waals surface area contributed by atoms with E-state index in [4.69, 9.17) is 0 Å². The predicted octanol–water partition coefficient (Wildman–Crippen LogP) is 5.33. The number of nitrogens with zero attached hydrogens (tertiary/aromatic N) is 2. The molecule has 0 spiro atoms. The summed E-state index contributed by atoms with van der Waals surface area (Å²) in [5, 5.41) is 15.4. The second-order valence-corrected chi connectivity index (χ2v) is 6.59. The lowest BCUT2D eigenvalue weighted by molar-refractivity contribution is -0.141. The standard InChI is InChI=1S/C21H14F6N4O2/c22-20(23,24)13-4-2-5-14(10-13)29-18-16(7-8-17(30-18)21(25,26)27)19(33)31-28-11-12-3-1-6-15(32)9-12/h1-11,32H,(H,29,30)(H,31,33)/b28-11+. The molecule has 0 unspecified atom stereocenters. The van der Waals surface area contributed by atoms with Crippen LogP contribution in [0.1, 0.15) is 27.2 Å². The number of hydrogen-bond donors (Lipinski definition) is 3. The highest BCUT2D eigenvalue weighted by Gasteiger charge is 2.34. The molecule has 0 radical (unpaired) electrons. The van der Waals surface area contributed by atoms with Crippen LogP contribution in [0.25, 0.3) is 0 Å². The Labute approximate surface area is 182 Å². The van der Waals surface area contributed by atoms with Crippen molar-refractivity contribution in [3.63, 3.8) is 0 Å². The van der Waals surface area contributed by atoms with E-state index in [2.05, 4.69) is 20.8 Å². The lowest BCUT2D eigenvalue weighted by Gasteiger charge is -2.14. The molecule has 6 nitrogen and oxygen atoms in total. The Morgan fingerprint density at radius 1 is 0.939 bits per heavy atom. The highest BCUT2D eigenvalue weighted by molar-refractivity contribution is 5.99. The van der Waals surface area contributed by atoms with Gasteiger partial charge in [-0.2, -0.15) is 31.4 Å². The van der Waals surface area contributed by atoms with E-state index in [-0.39, 0.29) is 11.4 Å². The number of nitrogens with one attached hydrogen (secondary N) is 2. The first-order chi connectivity index (χ1) is 15.4. The molecular formula is C21H14F6N4O2. The Kier molecular flexibility index (Phi) is 6.56. The van der Waals surface area contributed by atoms with Crippen molar-refractivity contribution >= 4 is 23.6 Å². The summed E-state index contributed by atoms with van der Waals surface area (Å²) in [6, 6.07) is 10.9. The molecule has 0 aliphatic heterocycles. The van der Waals surface area contributed by atoms with Gasteiger partial charge in [0.1, 0.15) is 17.3 Å². The summed E-state index contributed by atoms with van der Waals surface area (Å²) < 4.78 is 78.2. The summed E-state index contributed by atoms with van der Waals surface area (Å²) in [6.45, 7) is 0. The molecular weight excluding hydrogens is 454 g/mol. The van der Waals surface area contributed by atoms with Gasteiger partial charge in [-0.15, -0.1) is 0 Å². The van der Waals surface area contributed by atoms with Gasteiger partial charge in [0.05, 0.1) is 17.3 Å². The third-order valence-corrected chi connectivity index (χ3v) is 4.13. The van der Waals surface area contributed by atoms with Crippen LogP contribution >= 0.6 is 0 Å². The van der Waals surface area contributed by atoms with Gasteiger partial charge < -0.3 is 10.4 Å². The molecule has 3 aromatic rings. The van der Waals surface area contributed by atoms with Crippen molar-refractivity contribution in [1.29, 1.82) is 0 Å². The van der Waals surface area contributed by atoms with Gasteiger partial charge in [-0.3, -0.25) is 4.79 Å². The average molecular weight is 468 g/mol. The van der Waals surface area contributed by atoms with Crippen molar-refractivity contribution < 1.29 is 36.2 Å². The number of carbonyl (C=O) groups excluding carboxylic acids is 1. The van der Waals surface area contributed by atoms with Gasteiger partial charge in [0.2, 0.25) is 0 Å². The SMILES string of the molecule is O=C(N/N=C/c1cccc(O)c1)c1ccc(C(F)(F)F)nc1Nc1cccc(C(F)(F)F)c1. The van der Waals surface area contributed by atoms with Crippen LogP contribution in [0.5, 0.6) is 5.75 Å². The van der Waals surface area contributed by atoms with Crippen LogP contribution in [0.2, 0.25) is 0 Å². The summed E-state index contributed by atoms with van der Waals surface area (Å²) in [5.74, 6) is -1.64. The molecule has 33 heavy (non-hydrogen) atoms. The maximum absolute atomic E-state index is 13.1. The molecule has 1 heterocycles. The highest BCUT2D eigenvalue weighted by Crippen LogP contribution is 2.33. The predicted molar refractivity (Wildman–Crippen MR) is 107 cm³/mol. The second kappa shape index (κ2) is 9.18. The zero-order valence-corrected chi connectivity index (χ0v) is 16.4. The third-order valence-electron chi connectivity index (χ3n) is 4.13. The molecule has 3 rings (SSSR count). The molecule has 12 heteroatoms. The number of phenolic OH excluding ortho intramolecular Hbond substituents is 1. The Morgan fingerprint density at radius 3 is 2.33 bits per heavy atom. The van der Waals surface area contributed by atoms with Crippen molar-refractivity contribution in [3.8, 4) is 5.75 Å². The number of halogens is 6. The first kappa shape index (κ1) is 23.6. The van der Waals surface area contributed by atoms with E-state index in [1.165, 1.54) is 30.5 Å². The number of pyridine rings is 1. The van der Waals surface area contributed by atoms with Crippen molar-refractivity contribution in [2.24, 2.45) is 5.10 Å². The molecule has 0 saturated heterocycles. The Hall–Kier alpha value is -4.09. The number of rotatable bonds is 5. The van der Waals surface area contributed by atoms with Crippen LogP contribution in [0.15, 0.2) is 65.8 Å². The van der Waals surface area contributed by atoms with Crippen molar-refractivity contribution in [3.05, 3.63) is 83.0 Å². The molecule has 0 fully saturated rings. The summed E-state index contributed by atoms with van der Waals surface area (Å²) in [5.41, 5.74) is -0.499.